The van der Waals surface area contributed by atoms with E-state index in [4.69, 9.17) is 11.6 Å². The van der Waals surface area contributed by atoms with Gasteiger partial charge in [-0.25, -0.2) is 4.39 Å². The van der Waals surface area contributed by atoms with Crippen LogP contribution in [-0.2, 0) is 6.54 Å². The van der Waals surface area contributed by atoms with Gasteiger partial charge in [-0.05, 0) is 61.5 Å². The summed E-state index contributed by atoms with van der Waals surface area (Å²) in [4.78, 5) is 8.19. The average Bonchev–Trinajstić information content (AvgIpc) is 3.19. The van der Waals surface area contributed by atoms with E-state index in [2.05, 4.69) is 45.1 Å². The molecule has 2 atom stereocenters. The van der Waals surface area contributed by atoms with Crippen LogP contribution in [0.5, 0.6) is 0 Å². The molecule has 0 aliphatic carbocycles. The maximum Gasteiger partial charge on any atom is 0.191 e. The molecule has 28 heavy (non-hydrogen) atoms. The number of aliphatic imine (C=N–C) groups is 1. The number of likely N-dealkylation sites (tertiary alicyclic amines) is 1. The fourth-order valence-electron chi connectivity index (χ4n) is 3.67. The Labute approximate surface area is 192 Å². The zero-order chi connectivity index (χ0) is 19.2. The van der Waals surface area contributed by atoms with Crippen LogP contribution < -0.4 is 10.6 Å². The van der Waals surface area contributed by atoms with Gasteiger partial charge >= 0.3 is 0 Å². The molecule has 2 unspecified atom stereocenters. The van der Waals surface area contributed by atoms with Crippen molar-refractivity contribution < 1.29 is 4.39 Å². The lowest BCUT2D eigenvalue weighted by atomic mass is 9.88. The monoisotopic (exact) mass is 536 g/mol. The molecular formula is C20H27ClFIN4S. The summed E-state index contributed by atoms with van der Waals surface area (Å²) in [6.07, 6.45) is 2.41. The Morgan fingerprint density at radius 3 is 2.86 bits per heavy atom. The van der Waals surface area contributed by atoms with Gasteiger partial charge in [0.2, 0.25) is 0 Å². The maximum atomic E-state index is 13.3. The molecule has 0 bridgehead atoms. The first-order chi connectivity index (χ1) is 13.1. The van der Waals surface area contributed by atoms with Crippen molar-refractivity contribution in [2.24, 2.45) is 10.9 Å². The third-order valence-electron chi connectivity index (χ3n) is 5.04. The van der Waals surface area contributed by atoms with E-state index in [1.807, 2.05) is 11.3 Å². The number of thiophene rings is 1. The summed E-state index contributed by atoms with van der Waals surface area (Å²) in [6.45, 7) is 2.53. The first kappa shape index (κ1) is 23.4. The van der Waals surface area contributed by atoms with Crippen LogP contribution in [0.25, 0.3) is 0 Å². The molecule has 0 saturated carbocycles. The summed E-state index contributed by atoms with van der Waals surface area (Å²) in [5.74, 6) is 0.874. The second-order valence-corrected chi connectivity index (χ2v) is 8.28. The average molecular weight is 537 g/mol. The summed E-state index contributed by atoms with van der Waals surface area (Å²) >= 11 is 7.68. The van der Waals surface area contributed by atoms with E-state index in [1.54, 1.807) is 19.2 Å². The van der Waals surface area contributed by atoms with Gasteiger partial charge in [-0.15, -0.1) is 35.3 Å². The summed E-state index contributed by atoms with van der Waals surface area (Å²) in [5, 5.41) is 9.03. The van der Waals surface area contributed by atoms with Gasteiger partial charge in [0, 0.05) is 31.1 Å². The molecule has 1 aliphatic heterocycles. The zero-order valence-electron chi connectivity index (χ0n) is 16.1. The van der Waals surface area contributed by atoms with Crippen LogP contribution in [-0.4, -0.2) is 38.0 Å². The fraction of sp³-hybridized carbons (Fsp3) is 0.450. The highest BCUT2D eigenvalue weighted by molar-refractivity contribution is 14.0. The van der Waals surface area contributed by atoms with Gasteiger partial charge in [0.05, 0.1) is 5.02 Å². The summed E-state index contributed by atoms with van der Waals surface area (Å²) in [6, 6.07) is 9.56. The van der Waals surface area contributed by atoms with Gasteiger partial charge in [-0.2, -0.15) is 0 Å². The third kappa shape index (κ3) is 6.05. The molecule has 1 saturated heterocycles. The van der Waals surface area contributed by atoms with E-state index in [1.165, 1.54) is 23.8 Å². The minimum absolute atomic E-state index is 0. The number of benzene rings is 1. The number of nitrogens with zero attached hydrogens (tertiary/aromatic N) is 2. The van der Waals surface area contributed by atoms with Crippen LogP contribution in [0.3, 0.4) is 0 Å². The first-order valence-electron chi connectivity index (χ1n) is 9.20. The Balaban J connectivity index is 0.00000280. The molecule has 2 N–H and O–H groups in total. The molecule has 2 aromatic rings. The Bertz CT molecular complexity index is 772. The van der Waals surface area contributed by atoms with Crippen molar-refractivity contribution in [2.45, 2.75) is 25.4 Å². The van der Waals surface area contributed by atoms with Crippen LogP contribution in [0.4, 0.5) is 4.39 Å². The van der Waals surface area contributed by atoms with Crippen molar-refractivity contribution in [1.82, 2.24) is 15.5 Å². The van der Waals surface area contributed by atoms with Crippen molar-refractivity contribution >= 4 is 52.9 Å². The zero-order valence-corrected chi connectivity index (χ0v) is 20.0. The normalized spacial score (nSPS) is 20.5. The van der Waals surface area contributed by atoms with Crippen molar-refractivity contribution in [3.05, 3.63) is 57.0 Å². The Kier molecular flexibility index (Phi) is 9.46. The number of rotatable bonds is 5. The van der Waals surface area contributed by atoms with Gasteiger partial charge in [0.15, 0.2) is 5.96 Å². The SMILES string of the molecule is CN=C(NCc1ccc(F)c(Cl)c1)NCC1CCCN(C)C1c1cccs1.I. The molecule has 3 rings (SSSR count). The molecule has 0 spiro atoms. The quantitative estimate of drug-likeness (QED) is 0.324. The smallest absolute Gasteiger partial charge is 0.191 e. The third-order valence-corrected chi connectivity index (χ3v) is 6.27. The number of hydrogen-bond donors (Lipinski definition) is 2. The van der Waals surface area contributed by atoms with Gasteiger partial charge in [-0.1, -0.05) is 23.7 Å². The molecule has 0 amide bonds. The van der Waals surface area contributed by atoms with E-state index in [0.29, 0.717) is 18.5 Å². The van der Waals surface area contributed by atoms with Crippen molar-refractivity contribution in [2.75, 3.05) is 27.2 Å². The summed E-state index contributed by atoms with van der Waals surface area (Å²) in [5.41, 5.74) is 0.915. The topological polar surface area (TPSA) is 39.7 Å². The van der Waals surface area contributed by atoms with Crippen LogP contribution >= 0.6 is 46.9 Å². The minimum Gasteiger partial charge on any atom is -0.356 e. The highest BCUT2D eigenvalue weighted by Gasteiger charge is 2.31. The molecule has 1 aliphatic rings. The van der Waals surface area contributed by atoms with Crippen LogP contribution in [0, 0.1) is 11.7 Å². The second kappa shape index (κ2) is 11.3. The van der Waals surface area contributed by atoms with Crippen molar-refractivity contribution in [1.29, 1.82) is 0 Å². The number of piperidine rings is 1. The van der Waals surface area contributed by atoms with E-state index in [0.717, 1.165) is 24.6 Å². The number of halogens is 3. The summed E-state index contributed by atoms with van der Waals surface area (Å²) < 4.78 is 13.3. The molecule has 0 radical (unpaired) electrons. The highest BCUT2D eigenvalue weighted by Crippen LogP contribution is 2.36. The van der Waals surface area contributed by atoms with E-state index in [-0.39, 0.29) is 29.0 Å². The molecule has 8 heteroatoms. The van der Waals surface area contributed by atoms with Gasteiger partial charge < -0.3 is 10.6 Å². The van der Waals surface area contributed by atoms with Crippen LogP contribution in [0.1, 0.15) is 29.3 Å². The Morgan fingerprint density at radius 1 is 1.36 bits per heavy atom. The number of guanidine groups is 1. The van der Waals surface area contributed by atoms with Crippen molar-refractivity contribution in [3.63, 3.8) is 0 Å². The fourth-order valence-corrected chi connectivity index (χ4v) is 4.85. The lowest BCUT2D eigenvalue weighted by Crippen LogP contribution is -2.44. The molecule has 4 nitrogen and oxygen atoms in total. The Morgan fingerprint density at radius 2 is 2.18 bits per heavy atom. The van der Waals surface area contributed by atoms with Crippen LogP contribution in [0.2, 0.25) is 5.02 Å². The van der Waals surface area contributed by atoms with E-state index >= 15 is 0 Å². The maximum absolute atomic E-state index is 13.3. The lowest BCUT2D eigenvalue weighted by Gasteiger charge is -2.39. The molecule has 154 valence electrons. The van der Waals surface area contributed by atoms with Crippen LogP contribution in [0.15, 0.2) is 40.7 Å². The predicted molar refractivity (Wildman–Crippen MR) is 127 cm³/mol. The van der Waals surface area contributed by atoms with E-state index in [9.17, 15) is 4.39 Å². The predicted octanol–water partition coefficient (Wildman–Crippen LogP) is 4.91. The van der Waals surface area contributed by atoms with E-state index < -0.39 is 5.82 Å². The lowest BCUT2D eigenvalue weighted by molar-refractivity contribution is 0.125. The second-order valence-electron chi connectivity index (χ2n) is 6.90. The Hall–Kier alpha value is -0.900. The van der Waals surface area contributed by atoms with Crippen molar-refractivity contribution in [3.8, 4) is 0 Å². The molecule has 1 aromatic heterocycles. The highest BCUT2D eigenvalue weighted by atomic mass is 127. The standard InChI is InChI=1S/C20H26ClFN4S.HI/c1-23-20(24-12-14-7-8-17(22)16(21)11-14)25-13-15-5-3-9-26(2)19(15)18-6-4-10-27-18;/h4,6-8,10-11,15,19H,3,5,9,12-13H2,1-2H3,(H2,23,24,25);1H. The van der Waals surface area contributed by atoms with Gasteiger partial charge in [0.25, 0.3) is 0 Å². The van der Waals surface area contributed by atoms with Gasteiger partial charge in [-0.3, -0.25) is 9.89 Å². The molecule has 1 fully saturated rings. The largest absolute Gasteiger partial charge is 0.356 e. The molecule has 1 aromatic carbocycles. The number of hydrogen-bond acceptors (Lipinski definition) is 3. The van der Waals surface area contributed by atoms with Gasteiger partial charge in [0.1, 0.15) is 5.82 Å². The first-order valence-corrected chi connectivity index (χ1v) is 10.5. The minimum atomic E-state index is -0.399. The molecule has 2 heterocycles. The molecular weight excluding hydrogens is 510 g/mol. The number of nitrogens with one attached hydrogen (secondary N) is 2. The summed E-state index contributed by atoms with van der Waals surface area (Å²) in [7, 11) is 3.97.